The van der Waals surface area contributed by atoms with Crippen LogP contribution < -0.4 is 14.9 Å². The number of amides is 2. The minimum atomic E-state index is -3.71. The molecule has 0 aliphatic carbocycles. The summed E-state index contributed by atoms with van der Waals surface area (Å²) in [6.45, 7) is 0.328. The van der Waals surface area contributed by atoms with Crippen molar-refractivity contribution >= 4 is 39.1 Å². The molecule has 32 heavy (non-hydrogen) atoms. The summed E-state index contributed by atoms with van der Waals surface area (Å²) in [7, 11) is -2.45. The Morgan fingerprint density at radius 3 is 2.41 bits per heavy atom. The quantitative estimate of drug-likeness (QED) is 0.573. The van der Waals surface area contributed by atoms with Crippen molar-refractivity contribution < 1.29 is 22.7 Å². The molecule has 9 heteroatoms. The smallest absolute Gasteiger partial charge is 0.339 e. The van der Waals surface area contributed by atoms with Gasteiger partial charge in [0, 0.05) is 12.2 Å². The van der Waals surface area contributed by atoms with Crippen molar-refractivity contribution in [3.63, 3.8) is 0 Å². The fourth-order valence-corrected chi connectivity index (χ4v) is 5.08. The van der Waals surface area contributed by atoms with Crippen LogP contribution in [0.3, 0.4) is 0 Å². The Morgan fingerprint density at radius 1 is 0.938 bits per heavy atom. The topological polar surface area (TPSA) is 105 Å². The largest absolute Gasteiger partial charge is 0.465 e. The van der Waals surface area contributed by atoms with Crippen LogP contribution in [0.15, 0.2) is 77.7 Å². The predicted molar refractivity (Wildman–Crippen MR) is 122 cm³/mol. The van der Waals surface area contributed by atoms with Crippen LogP contribution in [0.4, 0.5) is 21.9 Å². The summed E-state index contributed by atoms with van der Waals surface area (Å²) >= 11 is 0. The summed E-state index contributed by atoms with van der Waals surface area (Å²) in [5.41, 5.74) is 2.35. The molecule has 164 valence electrons. The Labute approximate surface area is 185 Å². The first-order chi connectivity index (χ1) is 15.4. The van der Waals surface area contributed by atoms with E-state index in [2.05, 4.69) is 10.6 Å². The van der Waals surface area contributed by atoms with E-state index >= 15 is 0 Å². The molecular weight excluding hydrogens is 430 g/mol. The van der Waals surface area contributed by atoms with Gasteiger partial charge in [0.05, 0.1) is 28.9 Å². The minimum Gasteiger partial charge on any atom is -0.465 e. The number of rotatable bonds is 5. The zero-order chi connectivity index (χ0) is 22.7. The molecular formula is C23H21N3O5S. The van der Waals surface area contributed by atoms with E-state index in [0.29, 0.717) is 30.0 Å². The summed E-state index contributed by atoms with van der Waals surface area (Å²) in [5.74, 6) is -0.569. The number of carbonyl (C=O) groups is 2. The first kappa shape index (κ1) is 21.4. The van der Waals surface area contributed by atoms with E-state index in [9.17, 15) is 18.0 Å². The number of urea groups is 1. The van der Waals surface area contributed by atoms with Crippen molar-refractivity contribution in [2.45, 2.75) is 11.3 Å². The second-order valence-electron chi connectivity index (χ2n) is 7.10. The molecule has 1 aliphatic heterocycles. The molecule has 8 nitrogen and oxygen atoms in total. The van der Waals surface area contributed by atoms with Gasteiger partial charge < -0.3 is 15.4 Å². The summed E-state index contributed by atoms with van der Waals surface area (Å²) in [6.07, 6.45) is 0.584. The van der Waals surface area contributed by atoms with E-state index < -0.39 is 22.0 Å². The van der Waals surface area contributed by atoms with Crippen LogP contribution in [0.2, 0.25) is 0 Å². The maximum absolute atomic E-state index is 13.1. The van der Waals surface area contributed by atoms with Gasteiger partial charge in [0.15, 0.2) is 0 Å². The molecule has 1 aliphatic rings. The van der Waals surface area contributed by atoms with E-state index in [0.717, 1.165) is 5.56 Å². The summed E-state index contributed by atoms with van der Waals surface area (Å²) in [6, 6.07) is 19.3. The zero-order valence-corrected chi connectivity index (χ0v) is 18.1. The number of hydrogen-bond acceptors (Lipinski definition) is 5. The average Bonchev–Trinajstić information content (AvgIpc) is 3.23. The van der Waals surface area contributed by atoms with E-state index in [4.69, 9.17) is 4.74 Å². The Hall–Kier alpha value is -3.85. The minimum absolute atomic E-state index is 0.211. The van der Waals surface area contributed by atoms with Crippen LogP contribution in [-0.2, 0) is 21.2 Å². The normalized spacial score (nSPS) is 12.7. The third-order valence-electron chi connectivity index (χ3n) is 5.11. The Balaban J connectivity index is 1.55. The average molecular weight is 452 g/mol. The van der Waals surface area contributed by atoms with Gasteiger partial charge in [0.25, 0.3) is 10.0 Å². The number of anilines is 3. The number of hydrogen-bond donors (Lipinski definition) is 2. The second-order valence-corrected chi connectivity index (χ2v) is 8.96. The number of fused-ring (bicyclic) bond motifs is 1. The molecule has 0 atom stereocenters. The monoisotopic (exact) mass is 451 g/mol. The third-order valence-corrected chi connectivity index (χ3v) is 6.94. The van der Waals surface area contributed by atoms with Gasteiger partial charge in [0.2, 0.25) is 0 Å². The molecule has 2 amide bonds. The van der Waals surface area contributed by atoms with Gasteiger partial charge in [-0.3, -0.25) is 4.31 Å². The Kier molecular flexibility index (Phi) is 5.83. The van der Waals surface area contributed by atoms with Gasteiger partial charge in [-0.15, -0.1) is 0 Å². The fraction of sp³-hybridized carbons (Fsp3) is 0.130. The van der Waals surface area contributed by atoms with Gasteiger partial charge in [-0.1, -0.05) is 36.4 Å². The molecule has 4 rings (SSSR count). The molecule has 0 spiro atoms. The van der Waals surface area contributed by atoms with Crippen LogP contribution in [0.25, 0.3) is 0 Å². The van der Waals surface area contributed by atoms with E-state index in [1.165, 1.54) is 11.4 Å². The standard InChI is InChI=1S/C23H21N3O5S/c1-31-22(27)19-9-5-6-10-20(19)25-23(28)24-17-12-11-16-13-14-26(21(16)15-17)32(29,30)18-7-3-2-4-8-18/h2-12,15H,13-14H2,1H3,(H2,24,25,28). The summed E-state index contributed by atoms with van der Waals surface area (Å²) in [5, 5.41) is 5.32. The molecule has 0 fully saturated rings. The van der Waals surface area contributed by atoms with Crippen LogP contribution in [0, 0.1) is 0 Å². The molecule has 0 aromatic heterocycles. The second kappa shape index (κ2) is 8.72. The number of nitrogens with one attached hydrogen (secondary N) is 2. The molecule has 0 bridgehead atoms. The highest BCUT2D eigenvalue weighted by Gasteiger charge is 2.31. The highest BCUT2D eigenvalue weighted by molar-refractivity contribution is 7.92. The van der Waals surface area contributed by atoms with Gasteiger partial charge in [-0.05, 0) is 48.4 Å². The molecule has 0 radical (unpaired) electrons. The summed E-state index contributed by atoms with van der Waals surface area (Å²) in [4.78, 5) is 24.6. The van der Waals surface area contributed by atoms with Crippen molar-refractivity contribution in [1.29, 1.82) is 0 Å². The molecule has 0 saturated heterocycles. The number of sulfonamides is 1. The fourth-order valence-electron chi connectivity index (χ4n) is 3.56. The number of para-hydroxylation sites is 1. The third kappa shape index (κ3) is 4.15. The molecule has 0 saturated carbocycles. The predicted octanol–water partition coefficient (Wildman–Crippen LogP) is 3.87. The van der Waals surface area contributed by atoms with Crippen molar-refractivity contribution in [1.82, 2.24) is 0 Å². The van der Waals surface area contributed by atoms with Crippen LogP contribution in [0.1, 0.15) is 15.9 Å². The zero-order valence-electron chi connectivity index (χ0n) is 17.2. The Morgan fingerprint density at radius 2 is 1.66 bits per heavy atom. The van der Waals surface area contributed by atoms with Gasteiger partial charge >= 0.3 is 12.0 Å². The van der Waals surface area contributed by atoms with Crippen LogP contribution in [-0.4, -0.2) is 34.1 Å². The van der Waals surface area contributed by atoms with Crippen molar-refractivity contribution in [2.24, 2.45) is 0 Å². The van der Waals surface area contributed by atoms with E-state index in [-0.39, 0.29) is 10.5 Å². The van der Waals surface area contributed by atoms with E-state index in [1.807, 2.05) is 0 Å². The number of nitrogens with zero attached hydrogens (tertiary/aromatic N) is 1. The van der Waals surface area contributed by atoms with Gasteiger partial charge in [-0.2, -0.15) is 0 Å². The highest BCUT2D eigenvalue weighted by atomic mass is 32.2. The number of esters is 1. The highest BCUT2D eigenvalue weighted by Crippen LogP contribution is 2.35. The lowest BCUT2D eigenvalue weighted by molar-refractivity contribution is 0.0602. The molecule has 2 N–H and O–H groups in total. The SMILES string of the molecule is COC(=O)c1ccccc1NC(=O)Nc1ccc2c(c1)N(S(=O)(=O)c1ccccc1)CC2. The molecule has 0 unspecified atom stereocenters. The maximum Gasteiger partial charge on any atom is 0.339 e. The lowest BCUT2D eigenvalue weighted by atomic mass is 10.1. The molecule has 1 heterocycles. The maximum atomic E-state index is 13.1. The lowest BCUT2D eigenvalue weighted by Gasteiger charge is -2.20. The number of carbonyl (C=O) groups excluding carboxylic acids is 2. The lowest BCUT2D eigenvalue weighted by Crippen LogP contribution is -2.29. The van der Waals surface area contributed by atoms with Crippen molar-refractivity contribution in [3.8, 4) is 0 Å². The van der Waals surface area contributed by atoms with E-state index in [1.54, 1.807) is 72.8 Å². The van der Waals surface area contributed by atoms with Gasteiger partial charge in [-0.25, -0.2) is 18.0 Å². The number of benzene rings is 3. The van der Waals surface area contributed by atoms with Crippen LogP contribution >= 0.6 is 0 Å². The van der Waals surface area contributed by atoms with Crippen molar-refractivity contribution in [2.75, 3.05) is 28.6 Å². The number of ether oxygens (including phenoxy) is 1. The first-order valence-corrected chi connectivity index (χ1v) is 11.3. The molecule has 3 aromatic rings. The first-order valence-electron chi connectivity index (χ1n) is 9.86. The van der Waals surface area contributed by atoms with Crippen LogP contribution in [0.5, 0.6) is 0 Å². The van der Waals surface area contributed by atoms with Crippen molar-refractivity contribution in [3.05, 3.63) is 83.9 Å². The number of methoxy groups -OCH3 is 1. The molecule has 3 aromatic carbocycles. The summed E-state index contributed by atoms with van der Waals surface area (Å²) < 4.78 is 32.3. The van der Waals surface area contributed by atoms with Gasteiger partial charge in [0.1, 0.15) is 0 Å². The Bertz CT molecular complexity index is 1280.